The first-order valence-electron chi connectivity index (χ1n) is 8.30. The van der Waals surface area contributed by atoms with Crippen LogP contribution < -0.4 is 0 Å². The summed E-state index contributed by atoms with van der Waals surface area (Å²) in [6, 6.07) is 7.96. The normalized spacial score (nSPS) is 20.1. The van der Waals surface area contributed by atoms with Gasteiger partial charge in [-0.05, 0) is 50.5 Å². The zero-order chi connectivity index (χ0) is 18.0. The number of pyridine rings is 1. The number of amides is 1. The summed E-state index contributed by atoms with van der Waals surface area (Å²) in [6.45, 7) is 4.21. The number of carbonyl (C=O) groups excluding carboxylic acids is 1. The number of aromatic nitrogens is 1. The molecule has 1 saturated heterocycles. The van der Waals surface area contributed by atoms with Crippen LogP contribution in [0.2, 0.25) is 10.0 Å². The third-order valence-corrected chi connectivity index (χ3v) is 6.59. The van der Waals surface area contributed by atoms with Gasteiger partial charge in [-0.3, -0.25) is 9.78 Å². The Balaban J connectivity index is 1.74. The minimum Gasteiger partial charge on any atom is -0.333 e. The van der Waals surface area contributed by atoms with Crippen LogP contribution >= 0.6 is 35.0 Å². The van der Waals surface area contributed by atoms with Crippen molar-refractivity contribution in [2.24, 2.45) is 0 Å². The van der Waals surface area contributed by atoms with Crippen molar-refractivity contribution in [2.75, 3.05) is 0 Å². The van der Waals surface area contributed by atoms with E-state index in [2.05, 4.69) is 18.8 Å². The number of hydrogen-bond acceptors (Lipinski definition) is 3. The second-order valence-corrected chi connectivity index (χ2v) is 8.21. The van der Waals surface area contributed by atoms with E-state index < -0.39 is 0 Å². The fraction of sp³-hybridized carbons (Fsp3) is 0.368. The van der Waals surface area contributed by atoms with Gasteiger partial charge in [-0.1, -0.05) is 29.3 Å². The second-order valence-electron chi connectivity index (χ2n) is 6.41. The molecule has 1 fully saturated rings. The molecule has 1 aliphatic rings. The van der Waals surface area contributed by atoms with Crippen LogP contribution in [0.4, 0.5) is 0 Å². The SMILES string of the molecule is CC1CCC(C)N1C(=O)c1cncc(CSc2c(Cl)cccc2Cl)c1. The second kappa shape index (κ2) is 7.98. The van der Waals surface area contributed by atoms with E-state index in [4.69, 9.17) is 23.2 Å². The standard InChI is InChI=1S/C19H20Cl2N2OS/c1-12-6-7-13(2)23(12)19(24)15-8-14(9-22-10-15)11-25-18-16(20)4-3-5-17(18)21/h3-5,8-10,12-13H,6-7,11H2,1-2H3. The number of benzene rings is 1. The third kappa shape index (κ3) is 4.13. The monoisotopic (exact) mass is 394 g/mol. The van der Waals surface area contributed by atoms with E-state index in [1.54, 1.807) is 24.2 Å². The maximum absolute atomic E-state index is 12.8. The lowest BCUT2D eigenvalue weighted by molar-refractivity contribution is 0.0692. The first kappa shape index (κ1) is 18.6. The molecule has 2 heterocycles. The Morgan fingerprint density at radius 2 is 1.84 bits per heavy atom. The molecule has 1 aliphatic heterocycles. The highest BCUT2D eigenvalue weighted by atomic mass is 35.5. The van der Waals surface area contributed by atoms with E-state index in [0.29, 0.717) is 21.4 Å². The first-order valence-corrected chi connectivity index (χ1v) is 10.0. The predicted octanol–water partition coefficient (Wildman–Crippen LogP) is 5.69. The van der Waals surface area contributed by atoms with Crippen LogP contribution in [0.5, 0.6) is 0 Å². The number of hydrogen-bond donors (Lipinski definition) is 0. The molecule has 2 unspecified atom stereocenters. The molecular formula is C19H20Cl2N2OS. The summed E-state index contributed by atoms with van der Waals surface area (Å²) in [7, 11) is 0. The number of halogens is 2. The molecule has 1 aromatic heterocycles. The van der Waals surface area contributed by atoms with Crippen molar-refractivity contribution < 1.29 is 4.79 Å². The fourth-order valence-electron chi connectivity index (χ4n) is 3.20. The van der Waals surface area contributed by atoms with Gasteiger partial charge in [0.25, 0.3) is 5.91 Å². The molecule has 0 saturated carbocycles. The Hall–Kier alpha value is -1.23. The van der Waals surface area contributed by atoms with Gasteiger partial charge < -0.3 is 4.90 Å². The van der Waals surface area contributed by atoms with Gasteiger partial charge in [0.1, 0.15) is 0 Å². The first-order chi connectivity index (χ1) is 12.0. The van der Waals surface area contributed by atoms with Crippen molar-refractivity contribution in [3.63, 3.8) is 0 Å². The van der Waals surface area contributed by atoms with Gasteiger partial charge in [0.05, 0.1) is 15.6 Å². The molecule has 2 aromatic rings. The van der Waals surface area contributed by atoms with E-state index in [-0.39, 0.29) is 18.0 Å². The molecular weight excluding hydrogens is 375 g/mol. The highest BCUT2D eigenvalue weighted by Crippen LogP contribution is 2.35. The van der Waals surface area contributed by atoms with E-state index in [9.17, 15) is 4.79 Å². The highest BCUT2D eigenvalue weighted by Gasteiger charge is 2.32. The lowest BCUT2D eigenvalue weighted by atomic mass is 10.2. The minimum absolute atomic E-state index is 0.0626. The molecule has 0 bridgehead atoms. The summed E-state index contributed by atoms with van der Waals surface area (Å²) in [6.07, 6.45) is 5.55. The van der Waals surface area contributed by atoms with Crippen LogP contribution in [0.15, 0.2) is 41.6 Å². The molecule has 1 amide bonds. The molecule has 6 heteroatoms. The van der Waals surface area contributed by atoms with E-state index in [1.165, 1.54) is 0 Å². The number of thioether (sulfide) groups is 1. The Labute approximate surface area is 162 Å². The molecule has 0 aliphatic carbocycles. The van der Waals surface area contributed by atoms with Gasteiger partial charge in [0.2, 0.25) is 0 Å². The fourth-order valence-corrected chi connectivity index (χ4v) is 4.81. The summed E-state index contributed by atoms with van der Waals surface area (Å²) >= 11 is 14.0. The van der Waals surface area contributed by atoms with Crippen molar-refractivity contribution in [1.82, 2.24) is 9.88 Å². The molecule has 25 heavy (non-hydrogen) atoms. The van der Waals surface area contributed by atoms with Crippen LogP contribution in [0.25, 0.3) is 0 Å². The van der Waals surface area contributed by atoms with Crippen molar-refractivity contribution >= 4 is 40.9 Å². The smallest absolute Gasteiger partial charge is 0.255 e. The zero-order valence-electron chi connectivity index (χ0n) is 14.2. The average Bonchev–Trinajstić information content (AvgIpc) is 2.93. The molecule has 3 nitrogen and oxygen atoms in total. The molecule has 2 atom stereocenters. The lowest BCUT2D eigenvalue weighted by Crippen LogP contribution is -2.38. The summed E-state index contributed by atoms with van der Waals surface area (Å²) in [5.41, 5.74) is 1.62. The predicted molar refractivity (Wildman–Crippen MR) is 105 cm³/mol. The number of rotatable bonds is 4. The van der Waals surface area contributed by atoms with Crippen LogP contribution in [0, 0.1) is 0 Å². The van der Waals surface area contributed by atoms with Crippen molar-refractivity contribution in [2.45, 2.75) is 49.4 Å². The highest BCUT2D eigenvalue weighted by molar-refractivity contribution is 7.98. The van der Waals surface area contributed by atoms with Gasteiger partial charge in [-0.2, -0.15) is 0 Å². The molecule has 132 valence electrons. The summed E-state index contributed by atoms with van der Waals surface area (Å²) in [5.74, 6) is 0.718. The topological polar surface area (TPSA) is 33.2 Å². The van der Waals surface area contributed by atoms with E-state index in [0.717, 1.165) is 23.3 Å². The van der Waals surface area contributed by atoms with Crippen molar-refractivity contribution in [3.05, 3.63) is 57.8 Å². The Morgan fingerprint density at radius 3 is 2.48 bits per heavy atom. The maximum atomic E-state index is 12.8. The lowest BCUT2D eigenvalue weighted by Gasteiger charge is -2.26. The molecule has 0 spiro atoms. The van der Waals surface area contributed by atoms with Crippen LogP contribution in [0.3, 0.4) is 0 Å². The van der Waals surface area contributed by atoms with Crippen LogP contribution in [0.1, 0.15) is 42.6 Å². The van der Waals surface area contributed by atoms with E-state index in [1.807, 2.05) is 29.2 Å². The largest absolute Gasteiger partial charge is 0.333 e. The number of carbonyl (C=O) groups is 1. The van der Waals surface area contributed by atoms with Gasteiger partial charge in [0, 0.05) is 35.1 Å². The summed E-state index contributed by atoms with van der Waals surface area (Å²) in [4.78, 5) is 19.9. The molecule has 0 radical (unpaired) electrons. The van der Waals surface area contributed by atoms with E-state index >= 15 is 0 Å². The van der Waals surface area contributed by atoms with Gasteiger partial charge in [0.15, 0.2) is 0 Å². The van der Waals surface area contributed by atoms with Gasteiger partial charge >= 0.3 is 0 Å². The zero-order valence-corrected chi connectivity index (χ0v) is 16.5. The summed E-state index contributed by atoms with van der Waals surface area (Å²) in [5, 5.41) is 1.27. The number of nitrogens with zero attached hydrogens (tertiary/aromatic N) is 2. The summed E-state index contributed by atoms with van der Waals surface area (Å²) < 4.78 is 0. The van der Waals surface area contributed by atoms with Gasteiger partial charge in [-0.25, -0.2) is 0 Å². The Kier molecular flexibility index (Phi) is 5.92. The Morgan fingerprint density at radius 1 is 1.20 bits per heavy atom. The molecule has 0 N–H and O–H groups in total. The van der Waals surface area contributed by atoms with Crippen molar-refractivity contribution in [1.29, 1.82) is 0 Å². The average molecular weight is 395 g/mol. The molecule has 1 aromatic carbocycles. The Bertz CT molecular complexity index is 754. The van der Waals surface area contributed by atoms with Crippen molar-refractivity contribution in [3.8, 4) is 0 Å². The third-order valence-electron chi connectivity index (χ3n) is 4.53. The molecule has 3 rings (SSSR count). The quantitative estimate of drug-likeness (QED) is 0.623. The van der Waals surface area contributed by atoms with Crippen LogP contribution in [-0.2, 0) is 5.75 Å². The number of likely N-dealkylation sites (tertiary alicyclic amines) is 1. The van der Waals surface area contributed by atoms with Gasteiger partial charge in [-0.15, -0.1) is 11.8 Å². The van der Waals surface area contributed by atoms with Crippen LogP contribution in [-0.4, -0.2) is 27.9 Å². The minimum atomic E-state index is 0.0626. The maximum Gasteiger partial charge on any atom is 0.255 e.